The Morgan fingerprint density at radius 3 is 2.33 bits per heavy atom. The van der Waals surface area contributed by atoms with E-state index in [1.165, 1.54) is 0 Å². The van der Waals surface area contributed by atoms with Crippen molar-refractivity contribution in [1.29, 1.82) is 0 Å². The summed E-state index contributed by atoms with van der Waals surface area (Å²) in [4.78, 5) is 44.2. The van der Waals surface area contributed by atoms with E-state index in [1.807, 2.05) is 43.9 Å². The number of amides is 3. The summed E-state index contributed by atoms with van der Waals surface area (Å²) in [5, 5.41) is 12.2. The first-order valence-electron chi connectivity index (χ1n) is 15.3. The Morgan fingerprint density at radius 2 is 1.69 bits per heavy atom. The molecule has 3 amide bonds. The quantitative estimate of drug-likeness (QED) is 0.339. The average Bonchev–Trinajstić information content (AvgIpc) is 3.59. The van der Waals surface area contributed by atoms with Crippen LogP contribution in [0.25, 0.3) is 11.3 Å². The van der Waals surface area contributed by atoms with Crippen molar-refractivity contribution < 1.29 is 19.1 Å². The zero-order valence-electron chi connectivity index (χ0n) is 26.6. The third-order valence-electron chi connectivity index (χ3n) is 8.42. The molecule has 5 rings (SSSR count). The van der Waals surface area contributed by atoms with Gasteiger partial charge in [0.2, 0.25) is 11.8 Å². The molecular formula is C33H40Cl2N6O4. The van der Waals surface area contributed by atoms with E-state index in [9.17, 15) is 14.4 Å². The predicted molar refractivity (Wildman–Crippen MR) is 173 cm³/mol. The summed E-state index contributed by atoms with van der Waals surface area (Å²) in [7, 11) is 0. The number of benzene rings is 2. The summed E-state index contributed by atoms with van der Waals surface area (Å²) in [6, 6.07) is 8.00. The molecule has 12 heteroatoms. The summed E-state index contributed by atoms with van der Waals surface area (Å²) < 4.78 is 7.13. The highest BCUT2D eigenvalue weighted by atomic mass is 35.5. The van der Waals surface area contributed by atoms with Crippen LogP contribution in [-0.2, 0) is 14.3 Å². The van der Waals surface area contributed by atoms with E-state index in [4.69, 9.17) is 27.9 Å². The molecule has 45 heavy (non-hydrogen) atoms. The van der Waals surface area contributed by atoms with Crippen molar-refractivity contribution in [3.8, 4) is 11.3 Å². The number of carbonyl (C=O) groups excluding carboxylic acids is 3. The molecule has 2 aliphatic heterocycles. The molecule has 0 radical (unpaired) electrons. The van der Waals surface area contributed by atoms with Gasteiger partial charge in [-0.2, -0.15) is 0 Å². The maximum Gasteiger partial charge on any atom is 0.408 e. The number of alkyl carbamates (subject to hydrolysis) is 1. The number of likely N-dealkylation sites (tertiary alicyclic amines) is 2. The van der Waals surface area contributed by atoms with Crippen LogP contribution in [0.3, 0.4) is 0 Å². The van der Waals surface area contributed by atoms with E-state index in [2.05, 4.69) is 15.6 Å². The molecule has 1 aromatic heterocycles. The Kier molecular flexibility index (Phi) is 9.46. The van der Waals surface area contributed by atoms with Gasteiger partial charge in [-0.05, 0) is 83.6 Å². The van der Waals surface area contributed by atoms with Gasteiger partial charge in [-0.25, -0.2) is 9.48 Å². The molecule has 10 nitrogen and oxygen atoms in total. The lowest BCUT2D eigenvalue weighted by Crippen LogP contribution is -2.51. The average molecular weight is 656 g/mol. The monoisotopic (exact) mass is 654 g/mol. The number of piperidine rings is 1. The topological polar surface area (TPSA) is 110 Å². The molecule has 3 aromatic rings. The molecule has 2 aromatic carbocycles. The number of aryl methyl sites for hydroxylation is 3. The van der Waals surface area contributed by atoms with E-state index < -0.39 is 23.8 Å². The second kappa shape index (κ2) is 13.0. The van der Waals surface area contributed by atoms with Crippen LogP contribution < -0.4 is 5.32 Å². The minimum absolute atomic E-state index is 0.00275. The predicted octanol–water partition coefficient (Wildman–Crippen LogP) is 6.21. The first kappa shape index (κ1) is 32.8. The van der Waals surface area contributed by atoms with Crippen LogP contribution in [0.15, 0.2) is 36.5 Å². The minimum atomic E-state index is -0.885. The fourth-order valence-corrected chi connectivity index (χ4v) is 6.86. The van der Waals surface area contributed by atoms with E-state index >= 15 is 0 Å². The second-order valence-corrected chi connectivity index (χ2v) is 13.8. The molecule has 2 aliphatic rings. The van der Waals surface area contributed by atoms with Crippen molar-refractivity contribution in [3.05, 3.63) is 68.8 Å². The van der Waals surface area contributed by atoms with Crippen LogP contribution in [-0.4, -0.2) is 74.0 Å². The maximum atomic E-state index is 14.0. The number of carbonyl (C=O) groups is 3. The Hall–Kier alpha value is -3.63. The van der Waals surface area contributed by atoms with Crippen LogP contribution in [0.1, 0.15) is 74.4 Å². The van der Waals surface area contributed by atoms with Gasteiger partial charge in [0.05, 0.1) is 16.2 Å². The molecule has 2 atom stereocenters. The van der Waals surface area contributed by atoms with Crippen LogP contribution >= 0.6 is 23.2 Å². The minimum Gasteiger partial charge on any atom is -0.444 e. The SMILES string of the molecule is Cc1cc(C)c(C(NC(=O)OC(C)(C)C)C(=O)N2CCC(N3CCC(n4cc(-c5cccc(Cl)c5Cl)nn4)C3=O)CC2)c(C)c1. The lowest BCUT2D eigenvalue weighted by Gasteiger charge is -2.38. The molecule has 240 valence electrons. The van der Waals surface area contributed by atoms with E-state index in [0.717, 1.165) is 22.3 Å². The molecular weight excluding hydrogens is 615 g/mol. The van der Waals surface area contributed by atoms with Gasteiger partial charge in [0.1, 0.15) is 23.4 Å². The van der Waals surface area contributed by atoms with Gasteiger partial charge in [0.15, 0.2) is 0 Å². The zero-order valence-corrected chi connectivity index (χ0v) is 28.1. The van der Waals surface area contributed by atoms with Gasteiger partial charge >= 0.3 is 6.09 Å². The van der Waals surface area contributed by atoms with Crippen molar-refractivity contribution >= 4 is 41.1 Å². The molecule has 2 fully saturated rings. The van der Waals surface area contributed by atoms with Crippen molar-refractivity contribution in [1.82, 2.24) is 30.1 Å². The molecule has 2 unspecified atom stereocenters. The Labute approximate surface area is 274 Å². The molecule has 1 N–H and O–H groups in total. The number of rotatable bonds is 6. The Bertz CT molecular complexity index is 1590. The fourth-order valence-electron chi connectivity index (χ4n) is 6.46. The van der Waals surface area contributed by atoms with Crippen molar-refractivity contribution in [2.45, 2.75) is 84.5 Å². The van der Waals surface area contributed by atoms with E-state index in [-0.39, 0.29) is 17.9 Å². The lowest BCUT2D eigenvalue weighted by molar-refractivity contribution is -0.137. The smallest absolute Gasteiger partial charge is 0.408 e. The molecule has 0 spiro atoms. The summed E-state index contributed by atoms with van der Waals surface area (Å²) in [6.07, 6.45) is 2.97. The number of halogens is 2. The highest BCUT2D eigenvalue weighted by Gasteiger charge is 2.40. The van der Waals surface area contributed by atoms with Gasteiger partial charge in [0, 0.05) is 31.2 Å². The molecule has 2 saturated heterocycles. The van der Waals surface area contributed by atoms with Gasteiger partial charge in [-0.1, -0.05) is 58.2 Å². The summed E-state index contributed by atoms with van der Waals surface area (Å²) >= 11 is 12.5. The first-order valence-corrected chi connectivity index (χ1v) is 16.0. The van der Waals surface area contributed by atoms with Gasteiger partial charge in [-0.15, -0.1) is 5.10 Å². The van der Waals surface area contributed by atoms with Crippen LogP contribution in [0, 0.1) is 20.8 Å². The number of ether oxygens (including phenoxy) is 1. The number of nitrogens with one attached hydrogen (secondary N) is 1. The normalized spacial score (nSPS) is 18.3. The largest absolute Gasteiger partial charge is 0.444 e. The lowest BCUT2D eigenvalue weighted by atomic mass is 9.92. The summed E-state index contributed by atoms with van der Waals surface area (Å²) in [5.74, 6) is -0.196. The number of hydrogen-bond donors (Lipinski definition) is 1. The van der Waals surface area contributed by atoms with Crippen LogP contribution in [0.2, 0.25) is 10.0 Å². The number of aromatic nitrogens is 3. The van der Waals surface area contributed by atoms with E-state index in [1.54, 1.807) is 48.7 Å². The standard InChI is InChI=1S/C33H40Cl2N6O4/c1-19-16-20(2)27(21(3)17-19)29(36-32(44)45-33(4,5)6)31(43)39-13-10-22(11-14-39)40-15-12-26(30(40)42)41-18-25(37-38-41)23-8-7-9-24(34)28(23)35/h7-9,16-18,22,26,29H,10-15H2,1-6H3,(H,36,44). The number of hydrogen-bond acceptors (Lipinski definition) is 6. The van der Waals surface area contributed by atoms with Crippen molar-refractivity contribution in [2.75, 3.05) is 19.6 Å². The zero-order chi connectivity index (χ0) is 32.6. The first-order chi connectivity index (χ1) is 21.2. The highest BCUT2D eigenvalue weighted by molar-refractivity contribution is 6.43. The number of nitrogens with zero attached hydrogens (tertiary/aromatic N) is 5. The molecule has 3 heterocycles. The second-order valence-electron chi connectivity index (χ2n) is 13.0. The third-order valence-corrected chi connectivity index (χ3v) is 9.24. The molecule has 0 aliphatic carbocycles. The van der Waals surface area contributed by atoms with E-state index in [0.29, 0.717) is 60.2 Å². The Balaban J connectivity index is 1.26. The van der Waals surface area contributed by atoms with Crippen LogP contribution in [0.4, 0.5) is 4.79 Å². The van der Waals surface area contributed by atoms with Gasteiger partial charge in [-0.3, -0.25) is 9.59 Å². The Morgan fingerprint density at radius 1 is 1.02 bits per heavy atom. The summed E-state index contributed by atoms with van der Waals surface area (Å²) in [6.45, 7) is 12.8. The van der Waals surface area contributed by atoms with Crippen molar-refractivity contribution in [3.63, 3.8) is 0 Å². The highest BCUT2D eigenvalue weighted by Crippen LogP contribution is 2.34. The molecule has 0 saturated carbocycles. The van der Waals surface area contributed by atoms with Crippen molar-refractivity contribution in [2.24, 2.45) is 0 Å². The fraction of sp³-hybridized carbons (Fsp3) is 0.485. The summed E-state index contributed by atoms with van der Waals surface area (Å²) in [5.41, 5.74) is 4.23. The van der Waals surface area contributed by atoms with Gasteiger partial charge in [0.25, 0.3) is 0 Å². The van der Waals surface area contributed by atoms with Crippen LogP contribution in [0.5, 0.6) is 0 Å². The van der Waals surface area contributed by atoms with Gasteiger partial charge < -0.3 is 19.9 Å². The third kappa shape index (κ3) is 7.12. The molecule has 0 bridgehead atoms. The maximum absolute atomic E-state index is 14.0.